The van der Waals surface area contributed by atoms with Crippen LogP contribution in [0.1, 0.15) is 16.7 Å². The minimum Gasteiger partial charge on any atom is -0.493 e. The van der Waals surface area contributed by atoms with Crippen molar-refractivity contribution in [2.75, 3.05) is 27.8 Å². The summed E-state index contributed by atoms with van der Waals surface area (Å²) in [5, 5.41) is 6.66. The summed E-state index contributed by atoms with van der Waals surface area (Å²) in [5.41, 5.74) is 3.37. The first-order chi connectivity index (χ1) is 15.6. The molecule has 3 aromatic rings. The third-order valence-electron chi connectivity index (χ3n) is 5.11. The minimum atomic E-state index is 0.00111. The smallest absolute Gasteiger partial charge is 0.250 e. The van der Waals surface area contributed by atoms with E-state index in [1.165, 1.54) is 0 Å². The van der Waals surface area contributed by atoms with Gasteiger partial charge in [0.05, 0.1) is 20.8 Å². The molecule has 7 heteroatoms. The minimum absolute atomic E-state index is 0.00111. The summed E-state index contributed by atoms with van der Waals surface area (Å²) in [4.78, 5) is 16.1. The predicted octanol–water partition coefficient (Wildman–Crippen LogP) is 2.82. The third-order valence-corrected chi connectivity index (χ3v) is 5.11. The average molecular weight is 435 g/mol. The molecule has 0 saturated heterocycles. The monoisotopic (exact) mass is 434 g/mol. The van der Waals surface area contributed by atoms with Crippen molar-refractivity contribution >= 4 is 5.96 Å². The van der Waals surface area contributed by atoms with Gasteiger partial charge in [0.1, 0.15) is 0 Å². The standard InChI is InChI=1S/C25H30N4O3/c1-26-25(27-14-13-19-11-12-22(31-2)23(16-19)32-3)28-17-20-7-9-21(10-8-20)18-29-15-5-4-6-24(29)30/h4-12,15-16H,13-14,17-18H2,1-3H3,(H2,26,27,28). The van der Waals surface area contributed by atoms with E-state index in [-0.39, 0.29) is 5.56 Å². The zero-order valence-corrected chi connectivity index (χ0v) is 18.8. The maximum Gasteiger partial charge on any atom is 0.250 e. The molecule has 1 heterocycles. The number of guanidine groups is 1. The fourth-order valence-electron chi connectivity index (χ4n) is 3.32. The van der Waals surface area contributed by atoms with Crippen LogP contribution in [0.15, 0.2) is 76.6 Å². The second-order valence-corrected chi connectivity index (χ2v) is 7.28. The fraction of sp³-hybridized carbons (Fsp3) is 0.280. The summed E-state index contributed by atoms with van der Waals surface area (Å²) >= 11 is 0. The molecule has 7 nitrogen and oxygen atoms in total. The Bertz CT molecular complexity index is 1090. The molecule has 0 atom stereocenters. The van der Waals surface area contributed by atoms with Gasteiger partial charge in [-0.1, -0.05) is 36.4 Å². The molecule has 0 bridgehead atoms. The summed E-state index contributed by atoms with van der Waals surface area (Å²) in [5.74, 6) is 2.20. The molecular formula is C25H30N4O3. The Morgan fingerprint density at radius 2 is 1.62 bits per heavy atom. The molecule has 0 spiro atoms. The third kappa shape index (κ3) is 6.38. The van der Waals surface area contributed by atoms with Crippen LogP contribution in [0.3, 0.4) is 0 Å². The van der Waals surface area contributed by atoms with Gasteiger partial charge in [0, 0.05) is 32.4 Å². The summed E-state index contributed by atoms with van der Waals surface area (Å²) in [7, 11) is 5.03. The van der Waals surface area contributed by atoms with Gasteiger partial charge in [-0.2, -0.15) is 0 Å². The Labute approximate surface area is 188 Å². The molecule has 0 aliphatic carbocycles. The molecule has 0 saturated carbocycles. The zero-order chi connectivity index (χ0) is 22.8. The number of aliphatic imine (C=N–C) groups is 1. The molecule has 0 fully saturated rings. The summed E-state index contributed by atoms with van der Waals surface area (Å²) in [6, 6.07) is 19.3. The number of ether oxygens (including phenoxy) is 2. The SMILES string of the molecule is CN=C(NCCc1ccc(OC)c(OC)c1)NCc1ccc(Cn2ccccc2=O)cc1. The molecule has 0 aliphatic rings. The van der Waals surface area contributed by atoms with Crippen LogP contribution in [-0.2, 0) is 19.5 Å². The Kier molecular flexibility index (Phi) is 8.31. The van der Waals surface area contributed by atoms with E-state index in [2.05, 4.69) is 27.8 Å². The number of hydrogen-bond acceptors (Lipinski definition) is 4. The number of pyridine rings is 1. The van der Waals surface area contributed by atoms with Crippen molar-refractivity contribution in [2.24, 2.45) is 4.99 Å². The predicted molar refractivity (Wildman–Crippen MR) is 128 cm³/mol. The number of aromatic nitrogens is 1. The first-order valence-corrected chi connectivity index (χ1v) is 10.5. The van der Waals surface area contributed by atoms with Crippen LogP contribution >= 0.6 is 0 Å². The van der Waals surface area contributed by atoms with E-state index < -0.39 is 0 Å². The van der Waals surface area contributed by atoms with Gasteiger partial charge < -0.3 is 24.7 Å². The second-order valence-electron chi connectivity index (χ2n) is 7.28. The Hall–Kier alpha value is -3.74. The lowest BCUT2D eigenvalue weighted by Gasteiger charge is -2.13. The van der Waals surface area contributed by atoms with E-state index in [1.807, 2.05) is 36.4 Å². The first-order valence-electron chi connectivity index (χ1n) is 10.5. The highest BCUT2D eigenvalue weighted by molar-refractivity contribution is 5.79. The quantitative estimate of drug-likeness (QED) is 0.400. The molecule has 0 unspecified atom stereocenters. The van der Waals surface area contributed by atoms with Crippen molar-refractivity contribution in [3.8, 4) is 11.5 Å². The van der Waals surface area contributed by atoms with Gasteiger partial charge in [-0.05, 0) is 41.3 Å². The van der Waals surface area contributed by atoms with E-state index >= 15 is 0 Å². The zero-order valence-electron chi connectivity index (χ0n) is 18.8. The lowest BCUT2D eigenvalue weighted by molar-refractivity contribution is 0.354. The number of nitrogens with one attached hydrogen (secondary N) is 2. The lowest BCUT2D eigenvalue weighted by Crippen LogP contribution is -2.37. The van der Waals surface area contributed by atoms with Crippen LogP contribution in [0.4, 0.5) is 0 Å². The molecule has 168 valence electrons. The Morgan fingerprint density at radius 3 is 2.31 bits per heavy atom. The van der Waals surface area contributed by atoms with Gasteiger partial charge in [-0.15, -0.1) is 0 Å². The van der Waals surface area contributed by atoms with Crippen LogP contribution in [0.2, 0.25) is 0 Å². The van der Waals surface area contributed by atoms with E-state index in [1.54, 1.807) is 44.2 Å². The van der Waals surface area contributed by atoms with E-state index in [4.69, 9.17) is 9.47 Å². The van der Waals surface area contributed by atoms with Crippen LogP contribution in [0, 0.1) is 0 Å². The maximum absolute atomic E-state index is 11.9. The van der Waals surface area contributed by atoms with Gasteiger partial charge in [-0.25, -0.2) is 0 Å². The number of benzene rings is 2. The Balaban J connectivity index is 1.47. The van der Waals surface area contributed by atoms with E-state index in [0.29, 0.717) is 13.1 Å². The normalized spacial score (nSPS) is 11.2. The molecule has 3 rings (SSSR count). The van der Waals surface area contributed by atoms with Crippen LogP contribution in [0.5, 0.6) is 11.5 Å². The van der Waals surface area contributed by atoms with Gasteiger partial charge in [0.2, 0.25) is 0 Å². The second kappa shape index (κ2) is 11.6. The lowest BCUT2D eigenvalue weighted by atomic mass is 10.1. The summed E-state index contributed by atoms with van der Waals surface area (Å²) < 4.78 is 12.3. The number of methoxy groups -OCH3 is 2. The molecule has 0 aliphatic heterocycles. The van der Waals surface area contributed by atoms with Gasteiger partial charge in [0.25, 0.3) is 5.56 Å². The molecule has 1 aromatic heterocycles. The average Bonchev–Trinajstić information content (AvgIpc) is 2.83. The van der Waals surface area contributed by atoms with Gasteiger partial charge in [-0.3, -0.25) is 9.79 Å². The van der Waals surface area contributed by atoms with Crippen molar-refractivity contribution in [3.63, 3.8) is 0 Å². The highest BCUT2D eigenvalue weighted by Crippen LogP contribution is 2.27. The molecular weight excluding hydrogens is 404 g/mol. The largest absolute Gasteiger partial charge is 0.493 e. The summed E-state index contributed by atoms with van der Waals surface area (Å²) in [6.07, 6.45) is 2.63. The Morgan fingerprint density at radius 1 is 0.906 bits per heavy atom. The van der Waals surface area contributed by atoms with Crippen molar-refractivity contribution in [1.29, 1.82) is 0 Å². The topological polar surface area (TPSA) is 76.9 Å². The van der Waals surface area contributed by atoms with Crippen molar-refractivity contribution in [3.05, 3.63) is 93.9 Å². The van der Waals surface area contributed by atoms with E-state index in [9.17, 15) is 4.79 Å². The highest BCUT2D eigenvalue weighted by Gasteiger charge is 2.05. The van der Waals surface area contributed by atoms with Crippen LogP contribution < -0.4 is 25.7 Å². The van der Waals surface area contributed by atoms with Crippen molar-refractivity contribution in [2.45, 2.75) is 19.5 Å². The summed E-state index contributed by atoms with van der Waals surface area (Å²) in [6.45, 7) is 1.95. The van der Waals surface area contributed by atoms with Crippen molar-refractivity contribution in [1.82, 2.24) is 15.2 Å². The molecule has 32 heavy (non-hydrogen) atoms. The molecule has 0 radical (unpaired) electrons. The fourth-order valence-corrected chi connectivity index (χ4v) is 3.32. The van der Waals surface area contributed by atoms with Crippen LogP contribution in [-0.4, -0.2) is 38.3 Å². The molecule has 2 N–H and O–H groups in total. The molecule has 0 amide bonds. The maximum atomic E-state index is 11.9. The van der Waals surface area contributed by atoms with E-state index in [0.717, 1.165) is 47.1 Å². The highest BCUT2D eigenvalue weighted by atomic mass is 16.5. The van der Waals surface area contributed by atoms with Gasteiger partial charge in [0.15, 0.2) is 17.5 Å². The molecule has 2 aromatic carbocycles. The number of hydrogen-bond donors (Lipinski definition) is 2. The number of rotatable bonds is 9. The first kappa shape index (κ1) is 22.9. The van der Waals surface area contributed by atoms with Crippen LogP contribution in [0.25, 0.3) is 0 Å². The van der Waals surface area contributed by atoms with Crippen molar-refractivity contribution < 1.29 is 9.47 Å². The number of nitrogens with zero attached hydrogens (tertiary/aromatic N) is 2. The van der Waals surface area contributed by atoms with Gasteiger partial charge >= 0.3 is 0 Å².